The van der Waals surface area contributed by atoms with Crippen LogP contribution in [0.25, 0.3) is 0 Å². The van der Waals surface area contributed by atoms with Crippen molar-refractivity contribution in [3.8, 4) is 11.5 Å². The largest absolute Gasteiger partial charge is 0.493 e. The van der Waals surface area contributed by atoms with Crippen molar-refractivity contribution in [2.45, 2.75) is 57.8 Å². The lowest BCUT2D eigenvalue weighted by molar-refractivity contribution is -0.117. The molecule has 3 aliphatic rings. The molecule has 30 heavy (non-hydrogen) atoms. The van der Waals surface area contributed by atoms with Gasteiger partial charge < -0.3 is 14.4 Å². The van der Waals surface area contributed by atoms with E-state index in [4.69, 9.17) is 21.1 Å². The smallest absolute Gasteiger partial charge is 0.179 e. The predicted molar refractivity (Wildman–Crippen MR) is 116 cm³/mol. The standard InChI is InChI=1S/C24H28ClNO4/c1-4-11-26-16-7-5-9-18(27)22(16)21(23-17(26)8-6-10-19(23)28)14-12-15(25)24(30-3)20(13-14)29-2/h12-13,21H,4-11H2,1-3H3. The van der Waals surface area contributed by atoms with Crippen LogP contribution in [0.5, 0.6) is 11.5 Å². The Morgan fingerprint density at radius 2 is 1.57 bits per heavy atom. The molecule has 0 saturated heterocycles. The second-order valence-electron chi connectivity index (χ2n) is 8.10. The summed E-state index contributed by atoms with van der Waals surface area (Å²) < 4.78 is 10.9. The molecule has 1 aromatic rings. The minimum Gasteiger partial charge on any atom is -0.493 e. The quantitative estimate of drug-likeness (QED) is 0.645. The minimum absolute atomic E-state index is 0.137. The van der Waals surface area contributed by atoms with Crippen molar-refractivity contribution in [3.63, 3.8) is 0 Å². The molecule has 5 nitrogen and oxygen atoms in total. The topological polar surface area (TPSA) is 55.8 Å². The Morgan fingerprint density at radius 1 is 0.967 bits per heavy atom. The number of Topliss-reactive ketones (excluding diaryl/α,β-unsaturated/α-hetero) is 2. The van der Waals surface area contributed by atoms with Gasteiger partial charge in [0.05, 0.1) is 19.2 Å². The van der Waals surface area contributed by atoms with Crippen LogP contribution in [-0.4, -0.2) is 37.2 Å². The summed E-state index contributed by atoms with van der Waals surface area (Å²) in [7, 11) is 3.11. The number of carbonyl (C=O) groups is 2. The molecule has 0 saturated carbocycles. The van der Waals surface area contributed by atoms with E-state index in [-0.39, 0.29) is 17.5 Å². The van der Waals surface area contributed by atoms with Gasteiger partial charge in [0.2, 0.25) is 0 Å². The summed E-state index contributed by atoms with van der Waals surface area (Å²) in [6.45, 7) is 2.97. The highest BCUT2D eigenvalue weighted by Gasteiger charge is 2.43. The number of nitrogens with zero attached hydrogens (tertiary/aromatic N) is 1. The fourth-order valence-corrected chi connectivity index (χ4v) is 5.44. The summed E-state index contributed by atoms with van der Waals surface area (Å²) in [5, 5.41) is 0.415. The van der Waals surface area contributed by atoms with E-state index in [1.165, 1.54) is 0 Å². The van der Waals surface area contributed by atoms with E-state index in [1.807, 2.05) is 12.1 Å². The molecule has 1 aromatic carbocycles. The normalized spacial score (nSPS) is 19.8. The van der Waals surface area contributed by atoms with E-state index in [1.54, 1.807) is 14.2 Å². The summed E-state index contributed by atoms with van der Waals surface area (Å²) in [6, 6.07) is 3.69. The Labute approximate surface area is 182 Å². The Bertz CT molecular complexity index is 918. The molecule has 0 amide bonds. The molecule has 0 unspecified atom stereocenters. The Hall–Kier alpha value is -2.27. The molecule has 1 heterocycles. The zero-order chi connectivity index (χ0) is 21.4. The zero-order valence-corrected chi connectivity index (χ0v) is 18.6. The number of rotatable bonds is 5. The number of hydrogen-bond acceptors (Lipinski definition) is 5. The summed E-state index contributed by atoms with van der Waals surface area (Å²) >= 11 is 6.52. The van der Waals surface area contributed by atoms with Gasteiger partial charge in [-0.2, -0.15) is 0 Å². The van der Waals surface area contributed by atoms with Crippen molar-refractivity contribution in [3.05, 3.63) is 45.3 Å². The first-order valence-electron chi connectivity index (χ1n) is 10.7. The Kier molecular flexibility index (Phi) is 5.92. The van der Waals surface area contributed by atoms with Gasteiger partial charge in [-0.05, 0) is 49.8 Å². The number of carbonyl (C=O) groups excluding carboxylic acids is 2. The molecule has 0 radical (unpaired) electrons. The van der Waals surface area contributed by atoms with Gasteiger partial charge in [0.15, 0.2) is 23.1 Å². The molecule has 1 aliphatic heterocycles. The number of hydrogen-bond donors (Lipinski definition) is 0. The Balaban J connectivity index is 1.97. The van der Waals surface area contributed by atoms with Crippen LogP contribution >= 0.6 is 11.6 Å². The van der Waals surface area contributed by atoms with Gasteiger partial charge in [0.25, 0.3) is 0 Å². The van der Waals surface area contributed by atoms with E-state index >= 15 is 0 Å². The lowest BCUT2D eigenvalue weighted by Gasteiger charge is -2.44. The average Bonchev–Trinajstić information content (AvgIpc) is 2.74. The molecular formula is C24H28ClNO4. The molecule has 2 aliphatic carbocycles. The molecule has 6 heteroatoms. The summed E-state index contributed by atoms with van der Waals surface area (Å²) in [5.74, 6) is 0.851. The number of halogens is 1. The van der Waals surface area contributed by atoms with Gasteiger partial charge >= 0.3 is 0 Å². The number of methoxy groups -OCH3 is 2. The first-order valence-corrected chi connectivity index (χ1v) is 11.1. The van der Waals surface area contributed by atoms with Crippen LogP contribution in [0.4, 0.5) is 0 Å². The van der Waals surface area contributed by atoms with Crippen LogP contribution in [0.2, 0.25) is 5.02 Å². The highest BCUT2D eigenvalue weighted by molar-refractivity contribution is 6.32. The van der Waals surface area contributed by atoms with Gasteiger partial charge in [-0.25, -0.2) is 0 Å². The molecule has 160 valence electrons. The Morgan fingerprint density at radius 3 is 2.07 bits per heavy atom. The van der Waals surface area contributed by atoms with Crippen molar-refractivity contribution in [1.29, 1.82) is 0 Å². The number of ether oxygens (including phenoxy) is 2. The summed E-state index contributed by atoms with van der Waals surface area (Å²) in [4.78, 5) is 28.7. The van der Waals surface area contributed by atoms with Crippen molar-refractivity contribution in [2.24, 2.45) is 0 Å². The van der Waals surface area contributed by atoms with Crippen LogP contribution in [0, 0.1) is 0 Å². The van der Waals surface area contributed by atoms with Gasteiger partial charge in [-0.15, -0.1) is 0 Å². The van der Waals surface area contributed by atoms with Crippen LogP contribution in [-0.2, 0) is 9.59 Å². The molecule has 0 bridgehead atoms. The first kappa shape index (κ1) is 21.0. The molecule has 0 N–H and O–H groups in total. The zero-order valence-electron chi connectivity index (χ0n) is 17.8. The third kappa shape index (κ3) is 3.33. The van der Waals surface area contributed by atoms with Crippen LogP contribution < -0.4 is 9.47 Å². The van der Waals surface area contributed by atoms with Crippen molar-refractivity contribution < 1.29 is 19.1 Å². The first-order chi connectivity index (χ1) is 14.5. The molecule has 0 aromatic heterocycles. The average molecular weight is 430 g/mol. The highest BCUT2D eigenvalue weighted by atomic mass is 35.5. The van der Waals surface area contributed by atoms with E-state index < -0.39 is 0 Å². The van der Waals surface area contributed by atoms with E-state index in [0.29, 0.717) is 29.4 Å². The van der Waals surface area contributed by atoms with Gasteiger partial charge in [-0.3, -0.25) is 9.59 Å². The number of ketones is 2. The van der Waals surface area contributed by atoms with Gasteiger partial charge in [0.1, 0.15) is 0 Å². The molecule has 0 fully saturated rings. The fourth-order valence-electron chi connectivity index (χ4n) is 5.15. The van der Waals surface area contributed by atoms with Gasteiger partial charge in [0, 0.05) is 47.8 Å². The monoisotopic (exact) mass is 429 g/mol. The third-order valence-corrected chi connectivity index (χ3v) is 6.60. The van der Waals surface area contributed by atoms with E-state index in [9.17, 15) is 9.59 Å². The van der Waals surface area contributed by atoms with E-state index in [0.717, 1.165) is 66.8 Å². The van der Waals surface area contributed by atoms with Crippen molar-refractivity contribution >= 4 is 23.2 Å². The second-order valence-corrected chi connectivity index (χ2v) is 8.50. The number of allylic oxidation sites excluding steroid dienone is 4. The van der Waals surface area contributed by atoms with Crippen molar-refractivity contribution in [2.75, 3.05) is 20.8 Å². The maximum atomic E-state index is 13.2. The lowest BCUT2D eigenvalue weighted by Crippen LogP contribution is -2.39. The molecule has 0 spiro atoms. The van der Waals surface area contributed by atoms with Gasteiger partial charge in [-0.1, -0.05) is 18.5 Å². The molecule has 0 atom stereocenters. The van der Waals surface area contributed by atoms with E-state index in [2.05, 4.69) is 11.8 Å². The van der Waals surface area contributed by atoms with Crippen LogP contribution in [0.1, 0.15) is 63.4 Å². The van der Waals surface area contributed by atoms with Crippen molar-refractivity contribution in [1.82, 2.24) is 4.90 Å². The maximum absolute atomic E-state index is 13.2. The van der Waals surface area contributed by atoms with Crippen LogP contribution in [0.15, 0.2) is 34.7 Å². The summed E-state index contributed by atoms with van der Waals surface area (Å²) in [5.41, 5.74) is 4.55. The second kappa shape index (κ2) is 8.46. The SMILES string of the molecule is CCCN1C2=C(C(=O)CCC2)C(c2cc(Cl)c(OC)c(OC)c2)C2=C1CCCC2=O. The lowest BCUT2D eigenvalue weighted by atomic mass is 9.71. The molecule has 4 rings (SSSR count). The fraction of sp³-hybridized carbons (Fsp3) is 0.500. The molecular weight excluding hydrogens is 402 g/mol. The number of benzene rings is 1. The van der Waals surface area contributed by atoms with Crippen LogP contribution in [0.3, 0.4) is 0 Å². The highest BCUT2D eigenvalue weighted by Crippen LogP contribution is 2.51. The third-order valence-electron chi connectivity index (χ3n) is 6.32. The predicted octanol–water partition coefficient (Wildman–Crippen LogP) is 5.18. The summed E-state index contributed by atoms with van der Waals surface area (Å²) in [6.07, 6.45) is 5.44. The minimum atomic E-state index is -0.388. The maximum Gasteiger partial charge on any atom is 0.179 e.